The molecule has 0 aliphatic heterocycles. The van der Waals surface area contributed by atoms with Crippen LogP contribution < -0.4 is 10.3 Å². The number of alkyl halides is 3. The van der Waals surface area contributed by atoms with Gasteiger partial charge >= 0.3 is 6.36 Å². The number of hydrogen-bond donors (Lipinski definition) is 2. The molecule has 2 aromatic heterocycles. The highest BCUT2D eigenvalue weighted by Crippen LogP contribution is 2.27. The number of H-pyrrole nitrogens is 2. The maximum Gasteiger partial charge on any atom is 0.573 e. The normalized spacial score (nSPS) is 12.1. The van der Waals surface area contributed by atoms with Crippen LogP contribution in [0.15, 0.2) is 29.1 Å². The number of nitrogens with one attached hydrogen (secondary N) is 2. The van der Waals surface area contributed by atoms with Gasteiger partial charge in [-0.1, -0.05) is 32.0 Å². The van der Waals surface area contributed by atoms with E-state index in [1.54, 1.807) is 6.07 Å². The fraction of sp³-hybridized carbons (Fsp3) is 0.312. The van der Waals surface area contributed by atoms with Crippen LogP contribution in [0.25, 0.3) is 11.0 Å². The summed E-state index contributed by atoms with van der Waals surface area (Å²) in [6.45, 7) is 3.81. The molecule has 0 unspecified atom stereocenters. The van der Waals surface area contributed by atoms with Crippen LogP contribution >= 0.6 is 0 Å². The average Bonchev–Trinajstić information content (AvgIpc) is 2.92. The first-order chi connectivity index (χ1) is 11.7. The summed E-state index contributed by atoms with van der Waals surface area (Å²) in [5.41, 5.74) is 1.13. The van der Waals surface area contributed by atoms with Crippen molar-refractivity contribution in [3.05, 3.63) is 51.7 Å². The summed E-state index contributed by atoms with van der Waals surface area (Å²) in [6, 6.07) is 5.74. The van der Waals surface area contributed by atoms with Crippen molar-refractivity contribution in [1.82, 2.24) is 20.2 Å². The number of para-hydroxylation sites is 1. The number of halogens is 3. The lowest BCUT2D eigenvalue weighted by Gasteiger charge is -2.12. The first kappa shape index (κ1) is 17.0. The van der Waals surface area contributed by atoms with Gasteiger partial charge in [0.25, 0.3) is 5.56 Å². The first-order valence-electron chi connectivity index (χ1n) is 7.55. The predicted octanol–water partition coefficient (Wildman–Crippen LogP) is 3.26. The lowest BCUT2D eigenvalue weighted by molar-refractivity contribution is -0.274. The van der Waals surface area contributed by atoms with Gasteiger partial charge < -0.3 is 9.72 Å². The summed E-state index contributed by atoms with van der Waals surface area (Å²) >= 11 is 0. The first-order valence-corrected chi connectivity index (χ1v) is 7.55. The summed E-state index contributed by atoms with van der Waals surface area (Å²) in [5, 5.41) is 6.73. The van der Waals surface area contributed by atoms with Crippen molar-refractivity contribution in [2.45, 2.75) is 32.5 Å². The zero-order valence-electron chi connectivity index (χ0n) is 13.4. The van der Waals surface area contributed by atoms with E-state index in [2.05, 4.69) is 24.9 Å². The number of ether oxygens (including phenoxy) is 1. The highest BCUT2D eigenvalue weighted by Gasteiger charge is 2.32. The van der Waals surface area contributed by atoms with Gasteiger partial charge in [-0.2, -0.15) is 5.10 Å². The van der Waals surface area contributed by atoms with Gasteiger partial charge in [-0.3, -0.25) is 9.89 Å². The molecule has 132 valence electrons. The van der Waals surface area contributed by atoms with Crippen LogP contribution in [-0.4, -0.2) is 26.5 Å². The van der Waals surface area contributed by atoms with Gasteiger partial charge in [-0.25, -0.2) is 4.98 Å². The lowest BCUT2D eigenvalue weighted by Crippen LogP contribution is -2.18. The average molecular weight is 352 g/mol. The second-order valence-electron chi connectivity index (χ2n) is 5.83. The lowest BCUT2D eigenvalue weighted by atomic mass is 10.1. The van der Waals surface area contributed by atoms with E-state index in [4.69, 9.17) is 0 Å². The Bertz CT molecular complexity index is 960. The Hall–Kier alpha value is -2.84. The van der Waals surface area contributed by atoms with Crippen LogP contribution in [0.5, 0.6) is 5.75 Å². The summed E-state index contributed by atoms with van der Waals surface area (Å²) in [4.78, 5) is 19.1. The molecule has 2 N–H and O–H groups in total. The summed E-state index contributed by atoms with van der Waals surface area (Å²) in [5.74, 6) is -0.0511. The second kappa shape index (κ2) is 6.23. The van der Waals surface area contributed by atoms with Crippen molar-refractivity contribution in [1.29, 1.82) is 0 Å². The Morgan fingerprint density at radius 2 is 1.96 bits per heavy atom. The Kier molecular flexibility index (Phi) is 4.23. The van der Waals surface area contributed by atoms with Crippen molar-refractivity contribution < 1.29 is 17.9 Å². The molecule has 0 atom stereocenters. The van der Waals surface area contributed by atoms with E-state index in [0.29, 0.717) is 11.2 Å². The predicted molar refractivity (Wildman–Crippen MR) is 84.5 cm³/mol. The molecule has 0 saturated carbocycles. The molecule has 0 radical (unpaired) electrons. The molecule has 6 nitrogen and oxygen atoms in total. The van der Waals surface area contributed by atoms with Crippen molar-refractivity contribution in [2.75, 3.05) is 0 Å². The van der Waals surface area contributed by atoms with Gasteiger partial charge in [0, 0.05) is 12.0 Å². The van der Waals surface area contributed by atoms with Gasteiger partial charge in [-0.15, -0.1) is 13.2 Å². The van der Waals surface area contributed by atoms with E-state index in [1.807, 2.05) is 13.8 Å². The fourth-order valence-electron chi connectivity index (χ4n) is 2.52. The topological polar surface area (TPSA) is 83.7 Å². The molecule has 0 bridgehead atoms. The number of fused-ring (bicyclic) bond motifs is 1. The van der Waals surface area contributed by atoms with Crippen LogP contribution in [0.1, 0.15) is 36.8 Å². The van der Waals surface area contributed by atoms with E-state index in [0.717, 1.165) is 0 Å². The largest absolute Gasteiger partial charge is 0.573 e. The highest BCUT2D eigenvalue weighted by molar-refractivity contribution is 5.76. The molecule has 1 aromatic carbocycles. The molecule has 0 spiro atoms. The number of aromatic amines is 2. The van der Waals surface area contributed by atoms with Crippen molar-refractivity contribution in [3.8, 4) is 5.75 Å². The van der Waals surface area contributed by atoms with Crippen molar-refractivity contribution >= 4 is 11.0 Å². The summed E-state index contributed by atoms with van der Waals surface area (Å²) in [6.07, 6.45) is -4.81. The van der Waals surface area contributed by atoms with Crippen molar-refractivity contribution in [2.24, 2.45) is 0 Å². The molecule has 0 aliphatic rings. The third kappa shape index (κ3) is 3.65. The minimum atomic E-state index is -4.80. The molecule has 3 rings (SSSR count). The van der Waals surface area contributed by atoms with Crippen LogP contribution in [0.3, 0.4) is 0 Å². The van der Waals surface area contributed by atoms with Crippen LogP contribution in [-0.2, 0) is 6.42 Å². The Morgan fingerprint density at radius 1 is 1.24 bits per heavy atom. The summed E-state index contributed by atoms with van der Waals surface area (Å²) in [7, 11) is 0. The quantitative estimate of drug-likeness (QED) is 0.755. The van der Waals surface area contributed by atoms with E-state index in [1.165, 1.54) is 18.2 Å². The molecule has 3 aromatic rings. The van der Waals surface area contributed by atoms with Gasteiger partial charge in [0.15, 0.2) is 0 Å². The maximum absolute atomic E-state index is 12.5. The van der Waals surface area contributed by atoms with E-state index >= 15 is 0 Å². The zero-order chi connectivity index (χ0) is 18.2. The highest BCUT2D eigenvalue weighted by atomic mass is 19.4. The minimum absolute atomic E-state index is 0.0137. The molecular formula is C16H15F3N4O2. The number of hydrogen-bond acceptors (Lipinski definition) is 4. The molecule has 0 fully saturated rings. The summed E-state index contributed by atoms with van der Waals surface area (Å²) < 4.78 is 41.6. The van der Waals surface area contributed by atoms with Crippen molar-refractivity contribution in [3.63, 3.8) is 0 Å². The SMILES string of the molecule is CC(C)c1n[nH]c2c(=O)[nH]c(Cc3ccccc3OC(F)(F)F)nc12. The number of rotatable bonds is 4. The smallest absolute Gasteiger partial charge is 0.405 e. The Balaban J connectivity index is 2.02. The number of nitrogens with zero attached hydrogens (tertiary/aromatic N) is 2. The molecule has 0 aliphatic carbocycles. The van der Waals surface area contributed by atoms with E-state index in [-0.39, 0.29) is 35.0 Å². The van der Waals surface area contributed by atoms with E-state index in [9.17, 15) is 18.0 Å². The third-order valence-electron chi connectivity index (χ3n) is 3.60. The Labute approximate surface area is 140 Å². The molecule has 0 saturated heterocycles. The Morgan fingerprint density at radius 3 is 2.64 bits per heavy atom. The van der Waals surface area contributed by atoms with Gasteiger partial charge in [0.1, 0.15) is 22.6 Å². The van der Waals surface area contributed by atoms with Crippen LogP contribution in [0.4, 0.5) is 13.2 Å². The van der Waals surface area contributed by atoms with E-state index < -0.39 is 11.9 Å². The molecule has 0 amide bonds. The van der Waals surface area contributed by atoms with Crippen LogP contribution in [0, 0.1) is 0 Å². The molecule has 25 heavy (non-hydrogen) atoms. The molecular weight excluding hydrogens is 337 g/mol. The zero-order valence-corrected chi connectivity index (χ0v) is 13.4. The monoisotopic (exact) mass is 352 g/mol. The molecule has 9 heteroatoms. The standard InChI is InChI=1S/C16H15F3N4O2/c1-8(2)12-13-14(23-22-12)15(24)21-11(20-13)7-9-5-3-4-6-10(9)25-16(17,18)19/h3-6,8H,7H2,1-2H3,(H,22,23)(H,20,21,24). The fourth-order valence-corrected chi connectivity index (χ4v) is 2.52. The van der Waals surface area contributed by atoms with Gasteiger partial charge in [0.05, 0.1) is 5.69 Å². The second-order valence-corrected chi connectivity index (χ2v) is 5.83. The minimum Gasteiger partial charge on any atom is -0.405 e. The number of benzene rings is 1. The van der Waals surface area contributed by atoms with Gasteiger partial charge in [-0.05, 0) is 12.0 Å². The molecule has 2 heterocycles. The van der Waals surface area contributed by atoms with Crippen LogP contribution in [0.2, 0.25) is 0 Å². The number of aromatic nitrogens is 4. The third-order valence-corrected chi connectivity index (χ3v) is 3.60. The van der Waals surface area contributed by atoms with Gasteiger partial charge in [0.2, 0.25) is 0 Å². The maximum atomic E-state index is 12.5.